The van der Waals surface area contributed by atoms with Gasteiger partial charge in [-0.25, -0.2) is 4.98 Å². The molecule has 0 aliphatic rings. The average molecular weight is 222 g/mol. The van der Waals surface area contributed by atoms with Crippen molar-refractivity contribution in [1.82, 2.24) is 10.3 Å². The van der Waals surface area contributed by atoms with Gasteiger partial charge < -0.3 is 9.73 Å². The highest BCUT2D eigenvalue weighted by molar-refractivity contribution is 7.11. The first-order valence-electron chi connectivity index (χ1n) is 4.90. The van der Waals surface area contributed by atoms with Gasteiger partial charge in [0.2, 0.25) is 0 Å². The number of hydrogen-bond donors (Lipinski definition) is 1. The third-order valence-electron chi connectivity index (χ3n) is 2.19. The van der Waals surface area contributed by atoms with Gasteiger partial charge in [-0.1, -0.05) is 0 Å². The lowest BCUT2D eigenvalue weighted by Crippen LogP contribution is -2.11. The maximum Gasteiger partial charge on any atom is 0.0947 e. The molecular formula is C11H14N2OS. The minimum atomic E-state index is 0.840. The fourth-order valence-electron chi connectivity index (χ4n) is 1.45. The second-order valence-electron chi connectivity index (χ2n) is 3.48. The van der Waals surface area contributed by atoms with Gasteiger partial charge >= 0.3 is 0 Å². The van der Waals surface area contributed by atoms with Gasteiger partial charge in [-0.05, 0) is 19.9 Å². The monoisotopic (exact) mass is 222 g/mol. The largest absolute Gasteiger partial charge is 0.472 e. The molecular weight excluding hydrogens is 208 g/mol. The lowest BCUT2D eigenvalue weighted by atomic mass is 10.3. The van der Waals surface area contributed by atoms with Gasteiger partial charge in [0.1, 0.15) is 0 Å². The third-order valence-corrected chi connectivity index (χ3v) is 3.27. The maximum atomic E-state index is 5.00. The Bertz CT molecular complexity index is 420. The maximum absolute atomic E-state index is 5.00. The van der Waals surface area contributed by atoms with Crippen LogP contribution in [-0.2, 0) is 13.1 Å². The van der Waals surface area contributed by atoms with Gasteiger partial charge in [0.05, 0.1) is 23.2 Å². The van der Waals surface area contributed by atoms with Crippen LogP contribution >= 0.6 is 11.3 Å². The molecule has 0 spiro atoms. The first-order chi connectivity index (χ1) is 7.25. The number of furan rings is 1. The highest BCUT2D eigenvalue weighted by Gasteiger charge is 2.03. The summed E-state index contributed by atoms with van der Waals surface area (Å²) in [4.78, 5) is 5.70. The summed E-state index contributed by atoms with van der Waals surface area (Å²) in [6.07, 6.45) is 3.46. The Hall–Kier alpha value is -1.13. The zero-order chi connectivity index (χ0) is 10.7. The molecule has 0 saturated carbocycles. The van der Waals surface area contributed by atoms with E-state index in [9.17, 15) is 0 Å². The highest BCUT2D eigenvalue weighted by Crippen LogP contribution is 2.16. The second-order valence-corrected chi connectivity index (χ2v) is 4.76. The van der Waals surface area contributed by atoms with Crippen LogP contribution in [0.1, 0.15) is 21.1 Å². The van der Waals surface area contributed by atoms with Crippen molar-refractivity contribution in [2.75, 3.05) is 0 Å². The predicted octanol–water partition coefficient (Wildman–Crippen LogP) is 2.64. The van der Waals surface area contributed by atoms with Gasteiger partial charge in [0.15, 0.2) is 0 Å². The van der Waals surface area contributed by atoms with Crippen LogP contribution in [0.3, 0.4) is 0 Å². The first-order valence-corrected chi connectivity index (χ1v) is 5.72. The molecule has 0 fully saturated rings. The van der Waals surface area contributed by atoms with E-state index in [-0.39, 0.29) is 0 Å². The van der Waals surface area contributed by atoms with Gasteiger partial charge in [-0.2, -0.15) is 0 Å². The molecule has 0 saturated heterocycles. The van der Waals surface area contributed by atoms with E-state index in [1.807, 2.05) is 13.0 Å². The van der Waals surface area contributed by atoms with Crippen molar-refractivity contribution in [3.8, 4) is 0 Å². The van der Waals surface area contributed by atoms with Gasteiger partial charge in [-0.3, -0.25) is 0 Å². The molecule has 0 atom stereocenters. The Labute approximate surface area is 93.2 Å². The van der Waals surface area contributed by atoms with Crippen LogP contribution in [0.5, 0.6) is 0 Å². The van der Waals surface area contributed by atoms with Gasteiger partial charge in [-0.15, -0.1) is 11.3 Å². The summed E-state index contributed by atoms with van der Waals surface area (Å²) >= 11 is 1.75. The molecule has 4 heteroatoms. The Morgan fingerprint density at radius 1 is 1.40 bits per heavy atom. The smallest absolute Gasteiger partial charge is 0.0947 e. The van der Waals surface area contributed by atoms with Crippen LogP contribution in [0.2, 0.25) is 0 Å². The van der Waals surface area contributed by atoms with Crippen molar-refractivity contribution < 1.29 is 4.42 Å². The van der Waals surface area contributed by atoms with Crippen molar-refractivity contribution in [3.63, 3.8) is 0 Å². The molecule has 2 heterocycles. The van der Waals surface area contributed by atoms with E-state index < -0.39 is 0 Å². The van der Waals surface area contributed by atoms with Crippen LogP contribution in [-0.4, -0.2) is 4.98 Å². The van der Waals surface area contributed by atoms with E-state index >= 15 is 0 Å². The molecule has 2 aromatic rings. The fourth-order valence-corrected chi connectivity index (χ4v) is 2.36. The van der Waals surface area contributed by atoms with Crippen LogP contribution in [0, 0.1) is 13.8 Å². The van der Waals surface area contributed by atoms with E-state index in [1.54, 1.807) is 23.9 Å². The standard InChI is InChI=1S/C11H14N2OS/c1-8-11(15-9(2)13-8)6-12-5-10-3-4-14-7-10/h3-4,7,12H,5-6H2,1-2H3. The van der Waals surface area contributed by atoms with Gasteiger partial charge in [0, 0.05) is 23.5 Å². The Morgan fingerprint density at radius 3 is 2.87 bits per heavy atom. The normalized spacial score (nSPS) is 10.8. The van der Waals surface area contributed by atoms with E-state index in [2.05, 4.69) is 17.2 Å². The van der Waals surface area contributed by atoms with Crippen LogP contribution in [0.25, 0.3) is 0 Å². The Morgan fingerprint density at radius 2 is 2.27 bits per heavy atom. The summed E-state index contributed by atoms with van der Waals surface area (Å²) in [7, 11) is 0. The number of nitrogens with zero attached hydrogens (tertiary/aromatic N) is 1. The summed E-state index contributed by atoms with van der Waals surface area (Å²) in [5.41, 5.74) is 2.31. The van der Waals surface area contributed by atoms with Crippen molar-refractivity contribution in [2.24, 2.45) is 0 Å². The Balaban J connectivity index is 1.86. The first kappa shape index (κ1) is 10.4. The molecule has 0 unspecified atom stereocenters. The zero-order valence-corrected chi connectivity index (χ0v) is 9.73. The highest BCUT2D eigenvalue weighted by atomic mass is 32.1. The van der Waals surface area contributed by atoms with E-state index in [4.69, 9.17) is 4.42 Å². The number of rotatable bonds is 4. The molecule has 15 heavy (non-hydrogen) atoms. The van der Waals surface area contributed by atoms with E-state index in [1.165, 1.54) is 10.4 Å². The fraction of sp³-hybridized carbons (Fsp3) is 0.364. The van der Waals surface area contributed by atoms with E-state index in [0.717, 1.165) is 23.8 Å². The zero-order valence-electron chi connectivity index (χ0n) is 8.91. The summed E-state index contributed by atoms with van der Waals surface area (Å²) < 4.78 is 5.00. The molecule has 2 rings (SSSR count). The lowest BCUT2D eigenvalue weighted by molar-refractivity contribution is 0.560. The summed E-state index contributed by atoms with van der Waals surface area (Å²) in [6, 6.07) is 1.97. The topological polar surface area (TPSA) is 38.1 Å². The number of nitrogens with one attached hydrogen (secondary N) is 1. The molecule has 0 radical (unpaired) electrons. The molecule has 0 bridgehead atoms. The Kier molecular flexibility index (Phi) is 3.18. The minimum absolute atomic E-state index is 0.840. The molecule has 0 aliphatic heterocycles. The lowest BCUT2D eigenvalue weighted by Gasteiger charge is -2.00. The SMILES string of the molecule is Cc1nc(C)c(CNCc2ccoc2)s1. The molecule has 3 nitrogen and oxygen atoms in total. The summed E-state index contributed by atoms with van der Waals surface area (Å²) in [5.74, 6) is 0. The summed E-state index contributed by atoms with van der Waals surface area (Å²) in [6.45, 7) is 5.81. The van der Waals surface area contributed by atoms with Gasteiger partial charge in [0.25, 0.3) is 0 Å². The molecule has 0 aliphatic carbocycles. The summed E-state index contributed by atoms with van der Waals surface area (Å²) in [5, 5.41) is 4.50. The number of aryl methyl sites for hydroxylation is 2. The van der Waals surface area contributed by atoms with E-state index in [0.29, 0.717) is 0 Å². The molecule has 2 aromatic heterocycles. The molecule has 0 aromatic carbocycles. The van der Waals surface area contributed by atoms with Crippen LogP contribution in [0.4, 0.5) is 0 Å². The molecule has 0 amide bonds. The molecule has 80 valence electrons. The third kappa shape index (κ3) is 2.67. The second kappa shape index (κ2) is 4.59. The quantitative estimate of drug-likeness (QED) is 0.864. The van der Waals surface area contributed by atoms with Crippen molar-refractivity contribution in [2.45, 2.75) is 26.9 Å². The van der Waals surface area contributed by atoms with Crippen molar-refractivity contribution in [1.29, 1.82) is 0 Å². The van der Waals surface area contributed by atoms with Crippen molar-refractivity contribution >= 4 is 11.3 Å². The number of aromatic nitrogens is 1. The number of thiazole rings is 1. The van der Waals surface area contributed by atoms with Crippen LogP contribution in [0.15, 0.2) is 23.0 Å². The predicted molar refractivity (Wildman–Crippen MR) is 60.8 cm³/mol. The van der Waals surface area contributed by atoms with Crippen molar-refractivity contribution in [3.05, 3.63) is 39.7 Å². The minimum Gasteiger partial charge on any atom is -0.472 e. The molecule has 1 N–H and O–H groups in total. The number of hydrogen-bond acceptors (Lipinski definition) is 4. The van der Waals surface area contributed by atoms with Crippen LogP contribution < -0.4 is 5.32 Å². The average Bonchev–Trinajstić information content (AvgIpc) is 2.77.